The van der Waals surface area contributed by atoms with Gasteiger partial charge in [-0.1, -0.05) is 17.7 Å². The van der Waals surface area contributed by atoms with E-state index >= 15 is 0 Å². The van der Waals surface area contributed by atoms with Gasteiger partial charge in [0, 0.05) is 63.3 Å². The van der Waals surface area contributed by atoms with Gasteiger partial charge in [-0.05, 0) is 38.0 Å². The van der Waals surface area contributed by atoms with Crippen molar-refractivity contribution in [2.24, 2.45) is 4.99 Å². The van der Waals surface area contributed by atoms with E-state index in [0.29, 0.717) is 0 Å². The number of aliphatic imine (C=N–C) groups is 1. The van der Waals surface area contributed by atoms with Crippen LogP contribution in [0.4, 0.5) is 0 Å². The van der Waals surface area contributed by atoms with E-state index in [1.165, 1.54) is 11.1 Å². The van der Waals surface area contributed by atoms with Crippen LogP contribution >= 0.6 is 0 Å². The lowest BCUT2D eigenvalue weighted by Gasteiger charge is -2.39. The summed E-state index contributed by atoms with van der Waals surface area (Å²) in [5.41, 5.74) is 2.47. The molecule has 1 aliphatic rings. The molecule has 2 aromatic rings. The van der Waals surface area contributed by atoms with Gasteiger partial charge in [0.05, 0.1) is 7.11 Å². The van der Waals surface area contributed by atoms with Gasteiger partial charge in [-0.2, -0.15) is 0 Å². The van der Waals surface area contributed by atoms with Crippen LogP contribution in [0.2, 0.25) is 0 Å². The third-order valence-corrected chi connectivity index (χ3v) is 5.52. The maximum atomic E-state index is 5.70. The second-order valence-electron chi connectivity index (χ2n) is 7.37. The molecule has 0 aliphatic carbocycles. The molecule has 6 heteroatoms. The number of methoxy groups -OCH3 is 1. The van der Waals surface area contributed by atoms with Crippen LogP contribution in [0, 0.1) is 6.92 Å². The molecule has 2 N–H and O–H groups in total. The van der Waals surface area contributed by atoms with E-state index in [0.717, 1.165) is 57.4 Å². The first-order chi connectivity index (χ1) is 13.7. The number of nitrogens with one attached hydrogen (secondary N) is 2. The zero-order valence-corrected chi connectivity index (χ0v) is 17.2. The van der Waals surface area contributed by atoms with Gasteiger partial charge in [-0.3, -0.25) is 4.99 Å². The number of hydrogen-bond acceptors (Lipinski definition) is 3. The number of benzene rings is 1. The molecule has 0 bridgehead atoms. The minimum absolute atomic E-state index is 0.0341. The van der Waals surface area contributed by atoms with Crippen LogP contribution in [0.1, 0.15) is 24.0 Å². The molecule has 0 radical (unpaired) electrons. The topological polar surface area (TPSA) is 59.8 Å². The minimum Gasteiger partial charge on any atom is -0.496 e. The fourth-order valence-corrected chi connectivity index (χ4v) is 3.84. The predicted molar refractivity (Wildman–Crippen MR) is 113 cm³/mol. The lowest BCUT2D eigenvalue weighted by Crippen LogP contribution is -2.48. The van der Waals surface area contributed by atoms with Crippen LogP contribution in [0.25, 0.3) is 0 Å². The number of rotatable bonds is 7. The molecule has 0 amide bonds. The van der Waals surface area contributed by atoms with Crippen molar-refractivity contribution < 1.29 is 9.47 Å². The summed E-state index contributed by atoms with van der Waals surface area (Å²) in [5.74, 6) is 1.77. The highest BCUT2D eigenvalue weighted by molar-refractivity contribution is 5.79. The Hall–Kier alpha value is -2.47. The predicted octanol–water partition coefficient (Wildman–Crippen LogP) is 2.72. The Morgan fingerprint density at radius 3 is 2.64 bits per heavy atom. The van der Waals surface area contributed by atoms with Gasteiger partial charge in [0.1, 0.15) is 5.75 Å². The first kappa shape index (κ1) is 20.3. The van der Waals surface area contributed by atoms with E-state index in [2.05, 4.69) is 57.7 Å². The van der Waals surface area contributed by atoms with Crippen LogP contribution in [0.3, 0.4) is 0 Å². The Morgan fingerprint density at radius 2 is 1.96 bits per heavy atom. The van der Waals surface area contributed by atoms with Crippen LogP contribution < -0.4 is 15.4 Å². The Kier molecular flexibility index (Phi) is 6.98. The molecule has 1 aliphatic heterocycles. The van der Waals surface area contributed by atoms with Crippen molar-refractivity contribution in [2.75, 3.05) is 40.5 Å². The van der Waals surface area contributed by atoms with Gasteiger partial charge < -0.3 is 24.7 Å². The molecule has 6 nitrogen and oxygen atoms in total. The SMILES string of the molecule is CN=C(NCCn1cccc1)NCC1(c2cc(C)ccc2OC)CCOCC1. The number of nitrogens with zero attached hydrogens (tertiary/aromatic N) is 2. The Labute approximate surface area is 168 Å². The van der Waals surface area contributed by atoms with Crippen molar-refractivity contribution >= 4 is 5.96 Å². The molecule has 1 fully saturated rings. The summed E-state index contributed by atoms with van der Waals surface area (Å²) >= 11 is 0. The quantitative estimate of drug-likeness (QED) is 0.569. The van der Waals surface area contributed by atoms with E-state index < -0.39 is 0 Å². The first-order valence-corrected chi connectivity index (χ1v) is 9.95. The van der Waals surface area contributed by atoms with Gasteiger partial charge in [-0.25, -0.2) is 0 Å². The van der Waals surface area contributed by atoms with E-state index in [-0.39, 0.29) is 5.41 Å². The van der Waals surface area contributed by atoms with Gasteiger partial charge >= 0.3 is 0 Å². The fraction of sp³-hybridized carbons (Fsp3) is 0.500. The number of aromatic nitrogens is 1. The molecule has 28 heavy (non-hydrogen) atoms. The summed E-state index contributed by atoms with van der Waals surface area (Å²) in [6, 6.07) is 10.5. The van der Waals surface area contributed by atoms with Crippen molar-refractivity contribution in [1.82, 2.24) is 15.2 Å². The maximum absolute atomic E-state index is 5.70. The summed E-state index contributed by atoms with van der Waals surface area (Å²) < 4.78 is 13.5. The molecule has 0 spiro atoms. The molecular weight excluding hydrogens is 352 g/mol. The third-order valence-electron chi connectivity index (χ3n) is 5.52. The molecule has 2 heterocycles. The molecular formula is C22H32N4O2. The summed E-state index contributed by atoms with van der Waals surface area (Å²) in [5, 5.41) is 6.96. The molecule has 152 valence electrons. The first-order valence-electron chi connectivity index (χ1n) is 9.95. The van der Waals surface area contributed by atoms with E-state index in [9.17, 15) is 0 Å². The van der Waals surface area contributed by atoms with Crippen LogP contribution in [0.15, 0.2) is 47.7 Å². The molecule has 0 saturated carbocycles. The monoisotopic (exact) mass is 384 g/mol. The lowest BCUT2D eigenvalue weighted by molar-refractivity contribution is 0.0505. The average molecular weight is 385 g/mol. The van der Waals surface area contributed by atoms with Crippen molar-refractivity contribution in [3.63, 3.8) is 0 Å². The maximum Gasteiger partial charge on any atom is 0.191 e. The van der Waals surface area contributed by atoms with Gasteiger partial charge in [0.15, 0.2) is 5.96 Å². The summed E-state index contributed by atoms with van der Waals surface area (Å²) in [4.78, 5) is 4.40. The van der Waals surface area contributed by atoms with Gasteiger partial charge in [0.2, 0.25) is 0 Å². The van der Waals surface area contributed by atoms with Crippen LogP contribution in [0.5, 0.6) is 5.75 Å². The second kappa shape index (κ2) is 9.64. The van der Waals surface area contributed by atoms with E-state index in [4.69, 9.17) is 9.47 Å². The Morgan fingerprint density at radius 1 is 1.21 bits per heavy atom. The molecule has 1 aromatic heterocycles. The van der Waals surface area contributed by atoms with Crippen molar-refractivity contribution in [3.8, 4) is 5.75 Å². The minimum atomic E-state index is -0.0341. The third kappa shape index (κ3) is 4.87. The number of ether oxygens (including phenoxy) is 2. The number of guanidine groups is 1. The van der Waals surface area contributed by atoms with Gasteiger partial charge in [0.25, 0.3) is 0 Å². The molecule has 1 aromatic carbocycles. The number of hydrogen-bond donors (Lipinski definition) is 2. The summed E-state index contributed by atoms with van der Waals surface area (Å²) in [7, 11) is 3.56. The summed E-state index contributed by atoms with van der Waals surface area (Å²) in [6.07, 6.45) is 6.05. The van der Waals surface area contributed by atoms with Crippen molar-refractivity contribution in [1.29, 1.82) is 0 Å². The smallest absolute Gasteiger partial charge is 0.191 e. The fourth-order valence-electron chi connectivity index (χ4n) is 3.84. The van der Waals surface area contributed by atoms with Crippen LogP contribution in [-0.4, -0.2) is 51.0 Å². The largest absolute Gasteiger partial charge is 0.496 e. The van der Waals surface area contributed by atoms with E-state index in [1.807, 2.05) is 19.2 Å². The molecule has 1 saturated heterocycles. The van der Waals surface area contributed by atoms with E-state index in [1.54, 1.807) is 7.11 Å². The molecule has 0 unspecified atom stereocenters. The average Bonchev–Trinajstić information content (AvgIpc) is 3.24. The molecule has 0 atom stereocenters. The summed E-state index contributed by atoms with van der Waals surface area (Å²) in [6.45, 7) is 6.16. The van der Waals surface area contributed by atoms with Crippen LogP contribution in [-0.2, 0) is 16.7 Å². The number of aryl methyl sites for hydroxylation is 1. The Bertz CT molecular complexity index is 765. The highest BCUT2D eigenvalue weighted by atomic mass is 16.5. The normalized spacial score (nSPS) is 16.6. The zero-order chi connectivity index (χ0) is 19.8. The highest BCUT2D eigenvalue weighted by Gasteiger charge is 2.37. The Balaban J connectivity index is 1.69. The van der Waals surface area contributed by atoms with Crippen molar-refractivity contribution in [2.45, 2.75) is 31.7 Å². The molecule has 3 rings (SSSR count). The van der Waals surface area contributed by atoms with Crippen molar-refractivity contribution in [3.05, 3.63) is 53.9 Å². The highest BCUT2D eigenvalue weighted by Crippen LogP contribution is 2.40. The lowest BCUT2D eigenvalue weighted by atomic mass is 9.73. The standard InChI is InChI=1S/C22H32N4O2/c1-18-6-7-20(27-3)19(16-18)22(8-14-28-15-9-22)17-25-21(23-2)24-10-13-26-11-4-5-12-26/h4-7,11-12,16H,8-10,13-15,17H2,1-3H3,(H2,23,24,25). The zero-order valence-electron chi connectivity index (χ0n) is 17.2. The second-order valence-corrected chi connectivity index (χ2v) is 7.37. The van der Waals surface area contributed by atoms with Gasteiger partial charge in [-0.15, -0.1) is 0 Å².